The average molecular weight is 392 g/mol. The fourth-order valence-electron chi connectivity index (χ4n) is 4.41. The first kappa shape index (κ1) is 19.5. The van der Waals surface area contributed by atoms with Crippen LogP contribution in [0.15, 0.2) is 48.5 Å². The quantitative estimate of drug-likeness (QED) is 0.807. The van der Waals surface area contributed by atoms with Gasteiger partial charge in [-0.25, -0.2) is 0 Å². The van der Waals surface area contributed by atoms with Crippen molar-refractivity contribution in [2.45, 2.75) is 57.6 Å². The molecule has 0 spiro atoms. The van der Waals surface area contributed by atoms with Gasteiger partial charge in [0.15, 0.2) is 0 Å². The Hall–Kier alpha value is -2.82. The Morgan fingerprint density at radius 3 is 2.69 bits per heavy atom. The monoisotopic (exact) mass is 392 g/mol. The lowest BCUT2D eigenvalue weighted by molar-refractivity contribution is -0.117. The Kier molecular flexibility index (Phi) is 5.31. The van der Waals surface area contributed by atoms with Gasteiger partial charge in [0.2, 0.25) is 5.91 Å². The summed E-state index contributed by atoms with van der Waals surface area (Å²) in [5.74, 6) is 0.849. The lowest BCUT2D eigenvalue weighted by atomic mass is 9.83. The molecule has 2 aliphatic heterocycles. The standard InChI is InChI=1S/C24H28N2O3/c1-3-24(4-2)16-20(19-11-5-6-12-21(19)29-24)25-23(28)17-9-7-10-18(15-17)26-14-8-13-22(26)27/h5-7,9-12,15,20H,3-4,8,13-14,16H2,1-2H3,(H,25,28)/t20-/m1/s1. The van der Waals surface area contributed by atoms with E-state index in [-0.39, 0.29) is 23.5 Å². The maximum atomic E-state index is 13.1. The molecule has 0 unspecified atom stereocenters. The highest BCUT2D eigenvalue weighted by Crippen LogP contribution is 2.42. The predicted molar refractivity (Wildman–Crippen MR) is 113 cm³/mol. The Bertz CT molecular complexity index is 920. The van der Waals surface area contributed by atoms with Crippen molar-refractivity contribution in [2.24, 2.45) is 0 Å². The molecule has 152 valence electrons. The van der Waals surface area contributed by atoms with Gasteiger partial charge in [0.25, 0.3) is 5.91 Å². The van der Waals surface area contributed by atoms with Crippen LogP contribution in [0.25, 0.3) is 0 Å². The minimum atomic E-state index is -0.268. The van der Waals surface area contributed by atoms with E-state index in [1.165, 1.54) is 0 Å². The molecule has 0 aliphatic carbocycles. The second-order valence-electron chi connectivity index (χ2n) is 7.96. The van der Waals surface area contributed by atoms with E-state index in [9.17, 15) is 9.59 Å². The van der Waals surface area contributed by atoms with Crippen molar-refractivity contribution in [3.63, 3.8) is 0 Å². The summed E-state index contributed by atoms with van der Waals surface area (Å²) in [5.41, 5.74) is 2.12. The Morgan fingerprint density at radius 1 is 1.17 bits per heavy atom. The molecule has 0 saturated carbocycles. The van der Waals surface area contributed by atoms with Crippen molar-refractivity contribution in [2.75, 3.05) is 11.4 Å². The number of para-hydroxylation sites is 1. The summed E-state index contributed by atoms with van der Waals surface area (Å²) >= 11 is 0. The minimum Gasteiger partial charge on any atom is -0.487 e. The summed E-state index contributed by atoms with van der Waals surface area (Å²) in [6, 6.07) is 15.2. The van der Waals surface area contributed by atoms with Crippen molar-refractivity contribution in [3.8, 4) is 5.75 Å². The molecule has 1 saturated heterocycles. The molecule has 2 aliphatic rings. The molecule has 5 heteroatoms. The van der Waals surface area contributed by atoms with Gasteiger partial charge in [-0.05, 0) is 43.5 Å². The van der Waals surface area contributed by atoms with Crippen LogP contribution in [0.2, 0.25) is 0 Å². The van der Waals surface area contributed by atoms with E-state index in [4.69, 9.17) is 4.74 Å². The van der Waals surface area contributed by atoms with Crippen LogP contribution in [0.1, 0.15) is 67.9 Å². The molecule has 2 aromatic carbocycles. The van der Waals surface area contributed by atoms with Crippen LogP contribution in [0.5, 0.6) is 5.75 Å². The number of carbonyl (C=O) groups is 2. The summed E-state index contributed by atoms with van der Waals surface area (Å²) in [7, 11) is 0. The first-order chi connectivity index (χ1) is 14.0. The van der Waals surface area contributed by atoms with Crippen LogP contribution in [0.4, 0.5) is 5.69 Å². The largest absolute Gasteiger partial charge is 0.487 e. The molecule has 1 N–H and O–H groups in total. The van der Waals surface area contributed by atoms with Gasteiger partial charge in [0, 0.05) is 36.2 Å². The zero-order valence-corrected chi connectivity index (χ0v) is 17.1. The van der Waals surface area contributed by atoms with Gasteiger partial charge in [-0.2, -0.15) is 0 Å². The van der Waals surface area contributed by atoms with Crippen molar-refractivity contribution >= 4 is 17.5 Å². The van der Waals surface area contributed by atoms with Gasteiger partial charge in [-0.3, -0.25) is 9.59 Å². The topological polar surface area (TPSA) is 58.6 Å². The third-order valence-electron chi connectivity index (χ3n) is 6.28. The van der Waals surface area contributed by atoms with Crippen LogP contribution in [0, 0.1) is 0 Å². The number of fused-ring (bicyclic) bond motifs is 1. The molecule has 0 bridgehead atoms. The highest BCUT2D eigenvalue weighted by atomic mass is 16.5. The molecule has 5 nitrogen and oxygen atoms in total. The number of anilines is 1. The van der Waals surface area contributed by atoms with E-state index in [1.54, 1.807) is 11.0 Å². The molecule has 0 radical (unpaired) electrons. The zero-order valence-electron chi connectivity index (χ0n) is 17.1. The third kappa shape index (κ3) is 3.74. The maximum Gasteiger partial charge on any atom is 0.251 e. The summed E-state index contributed by atoms with van der Waals surface area (Å²) in [4.78, 5) is 26.9. The molecule has 2 amide bonds. The van der Waals surface area contributed by atoms with Gasteiger partial charge >= 0.3 is 0 Å². The van der Waals surface area contributed by atoms with Crippen LogP contribution in [-0.2, 0) is 4.79 Å². The van der Waals surface area contributed by atoms with Crippen LogP contribution in [0.3, 0.4) is 0 Å². The van der Waals surface area contributed by atoms with Crippen molar-refractivity contribution in [1.82, 2.24) is 5.32 Å². The molecule has 2 heterocycles. The van der Waals surface area contributed by atoms with Crippen molar-refractivity contribution in [1.29, 1.82) is 0 Å². The van der Waals surface area contributed by atoms with Gasteiger partial charge in [-0.1, -0.05) is 38.1 Å². The maximum absolute atomic E-state index is 13.1. The van der Waals surface area contributed by atoms with E-state index in [0.29, 0.717) is 18.5 Å². The number of hydrogen-bond donors (Lipinski definition) is 1. The van der Waals surface area contributed by atoms with Crippen LogP contribution < -0.4 is 15.0 Å². The van der Waals surface area contributed by atoms with Crippen LogP contribution >= 0.6 is 0 Å². The molecule has 1 atom stereocenters. The summed E-state index contributed by atoms with van der Waals surface area (Å²) < 4.78 is 6.34. The predicted octanol–water partition coefficient (Wildman–Crippen LogP) is 4.63. The number of benzene rings is 2. The second-order valence-corrected chi connectivity index (χ2v) is 7.96. The molecular weight excluding hydrogens is 364 g/mol. The molecular formula is C24H28N2O3. The number of ether oxygens (including phenoxy) is 1. The first-order valence-electron chi connectivity index (χ1n) is 10.5. The fraction of sp³-hybridized carbons (Fsp3) is 0.417. The first-order valence-corrected chi connectivity index (χ1v) is 10.5. The average Bonchev–Trinajstić information content (AvgIpc) is 3.19. The summed E-state index contributed by atoms with van der Waals surface area (Å²) in [5, 5.41) is 3.22. The minimum absolute atomic E-state index is 0.107. The smallest absolute Gasteiger partial charge is 0.251 e. The van der Waals surface area contributed by atoms with E-state index < -0.39 is 0 Å². The summed E-state index contributed by atoms with van der Waals surface area (Å²) in [6.45, 7) is 4.98. The normalized spacial score (nSPS) is 20.1. The summed E-state index contributed by atoms with van der Waals surface area (Å²) in [6.07, 6.45) is 3.95. The van der Waals surface area contributed by atoms with Gasteiger partial charge in [-0.15, -0.1) is 0 Å². The van der Waals surface area contributed by atoms with Crippen LogP contribution in [-0.4, -0.2) is 24.0 Å². The highest BCUT2D eigenvalue weighted by Gasteiger charge is 2.39. The van der Waals surface area contributed by atoms with Crippen molar-refractivity contribution in [3.05, 3.63) is 59.7 Å². The Morgan fingerprint density at radius 2 is 1.97 bits per heavy atom. The molecule has 29 heavy (non-hydrogen) atoms. The number of nitrogens with one attached hydrogen (secondary N) is 1. The number of nitrogens with zero attached hydrogens (tertiary/aromatic N) is 1. The Balaban J connectivity index is 1.58. The van der Waals surface area contributed by atoms with E-state index in [1.807, 2.05) is 42.5 Å². The lowest BCUT2D eigenvalue weighted by Crippen LogP contribution is -2.44. The van der Waals surface area contributed by atoms with Crippen molar-refractivity contribution < 1.29 is 14.3 Å². The van der Waals surface area contributed by atoms with Gasteiger partial charge in [0.1, 0.15) is 11.4 Å². The lowest BCUT2D eigenvalue weighted by Gasteiger charge is -2.41. The highest BCUT2D eigenvalue weighted by molar-refractivity contribution is 5.99. The molecule has 1 fully saturated rings. The number of rotatable bonds is 5. The fourth-order valence-corrected chi connectivity index (χ4v) is 4.41. The van der Waals surface area contributed by atoms with E-state index >= 15 is 0 Å². The van der Waals surface area contributed by atoms with Gasteiger partial charge < -0.3 is 15.0 Å². The third-order valence-corrected chi connectivity index (χ3v) is 6.28. The zero-order chi connectivity index (χ0) is 20.4. The second kappa shape index (κ2) is 7.90. The Labute approximate surface area is 172 Å². The van der Waals surface area contributed by atoms with E-state index in [0.717, 1.165) is 42.7 Å². The number of carbonyl (C=O) groups excluding carboxylic acids is 2. The number of hydrogen-bond acceptors (Lipinski definition) is 3. The molecule has 0 aromatic heterocycles. The SMILES string of the molecule is CCC1(CC)C[C@@H](NC(=O)c2cccc(N3CCCC3=O)c2)c2ccccc2O1. The molecule has 2 aromatic rings. The van der Waals surface area contributed by atoms with E-state index in [2.05, 4.69) is 19.2 Å². The molecule has 4 rings (SSSR count). The van der Waals surface area contributed by atoms with Gasteiger partial charge in [0.05, 0.1) is 6.04 Å². The number of amides is 2.